The number of nitrogens with one attached hydrogen (secondary N) is 3. The quantitative estimate of drug-likeness (QED) is 0.101. The van der Waals surface area contributed by atoms with Crippen molar-refractivity contribution in [3.8, 4) is 0 Å². The number of anilines is 2. The van der Waals surface area contributed by atoms with Crippen molar-refractivity contribution < 1.29 is 14.4 Å². The first-order valence-electron chi connectivity index (χ1n) is 14.0. The minimum atomic E-state index is -0.599. The summed E-state index contributed by atoms with van der Waals surface area (Å²) in [5, 5.41) is 9.11. The summed E-state index contributed by atoms with van der Waals surface area (Å²) in [6, 6.07) is 36.9. The maximum Gasteiger partial charge on any atom is 0.272 e. The van der Waals surface area contributed by atoms with Crippen LogP contribution in [0.25, 0.3) is 6.08 Å². The average molecular weight is 687 g/mol. The van der Waals surface area contributed by atoms with Gasteiger partial charge >= 0.3 is 0 Å². The Morgan fingerprint density at radius 1 is 0.652 bits per heavy atom. The molecule has 5 aromatic rings. The number of hydrogen-bond acceptors (Lipinski definition) is 4. The predicted molar refractivity (Wildman–Crippen MR) is 189 cm³/mol. The number of amides is 3. The Morgan fingerprint density at radius 2 is 1.26 bits per heavy atom. The molecule has 0 saturated heterocycles. The number of rotatable bonds is 10. The first kappa shape index (κ1) is 32.9. The summed E-state index contributed by atoms with van der Waals surface area (Å²) in [4.78, 5) is 40.6. The minimum Gasteiger partial charge on any atom is -0.325 e. The van der Waals surface area contributed by atoms with Crippen LogP contribution in [0, 0.1) is 0 Å². The third kappa shape index (κ3) is 9.02. The topological polar surface area (TPSA) is 87.3 Å². The zero-order chi connectivity index (χ0) is 32.5. The molecule has 0 fully saturated rings. The van der Waals surface area contributed by atoms with E-state index in [-0.39, 0.29) is 11.6 Å². The van der Waals surface area contributed by atoms with Gasteiger partial charge in [-0.2, -0.15) is 0 Å². The van der Waals surface area contributed by atoms with Crippen molar-refractivity contribution in [1.82, 2.24) is 5.32 Å². The molecule has 1 atom stereocenters. The SMILES string of the molecule is O=C(Nc1ccc(SC(C(=O)Nc2cc(Cl)cc(Cl)c2)c2ccccc2)cc1)/C(=C/c1ccccc1Cl)NC(=O)c1ccccc1. The molecule has 6 nitrogen and oxygen atoms in total. The number of carbonyl (C=O) groups excluding carboxylic acids is 3. The Bertz CT molecular complexity index is 1870. The molecule has 10 heteroatoms. The van der Waals surface area contributed by atoms with Crippen LogP contribution in [-0.2, 0) is 9.59 Å². The smallest absolute Gasteiger partial charge is 0.272 e. The molecule has 1 unspecified atom stereocenters. The van der Waals surface area contributed by atoms with Crippen molar-refractivity contribution in [2.75, 3.05) is 10.6 Å². The summed E-state index contributed by atoms with van der Waals surface area (Å²) in [5.41, 5.74) is 2.77. The Balaban J connectivity index is 1.33. The molecule has 5 rings (SSSR count). The van der Waals surface area contributed by atoms with Crippen molar-refractivity contribution >= 4 is 81.7 Å². The van der Waals surface area contributed by atoms with Crippen LogP contribution in [0.5, 0.6) is 0 Å². The summed E-state index contributed by atoms with van der Waals surface area (Å²) in [6.45, 7) is 0. The minimum absolute atomic E-state index is 0.0161. The summed E-state index contributed by atoms with van der Waals surface area (Å²) >= 11 is 19.9. The molecule has 5 aromatic carbocycles. The average Bonchev–Trinajstić information content (AvgIpc) is 3.05. The molecule has 0 aliphatic rings. The number of thioether (sulfide) groups is 1. The number of halogens is 3. The van der Waals surface area contributed by atoms with Gasteiger partial charge in [0.1, 0.15) is 10.9 Å². The Hall–Kier alpha value is -4.53. The summed E-state index contributed by atoms with van der Waals surface area (Å²) < 4.78 is 0. The van der Waals surface area contributed by atoms with Crippen molar-refractivity contribution in [2.45, 2.75) is 10.1 Å². The van der Waals surface area contributed by atoms with Crippen LogP contribution >= 0.6 is 46.6 Å². The van der Waals surface area contributed by atoms with E-state index < -0.39 is 17.1 Å². The van der Waals surface area contributed by atoms with Gasteiger partial charge < -0.3 is 16.0 Å². The van der Waals surface area contributed by atoms with Crippen LogP contribution in [0.1, 0.15) is 26.7 Å². The first-order valence-corrected chi connectivity index (χ1v) is 16.0. The number of carbonyl (C=O) groups is 3. The van der Waals surface area contributed by atoms with E-state index in [0.717, 1.165) is 10.5 Å². The van der Waals surface area contributed by atoms with E-state index in [1.165, 1.54) is 17.8 Å². The standard InChI is InChI=1S/C36H26Cl3N3O3S/c37-26-20-27(38)22-29(21-26)41-36(45)33(23-9-3-1-4-10-23)46-30-17-15-28(16-18-30)40-35(44)32(19-25-13-7-8-14-31(25)39)42-34(43)24-11-5-2-6-12-24/h1-22,33H,(H,40,44)(H,41,45)(H,42,43)/b32-19-. The molecular weight excluding hydrogens is 661 g/mol. The van der Waals surface area contributed by atoms with Crippen LogP contribution in [-0.4, -0.2) is 17.7 Å². The van der Waals surface area contributed by atoms with Crippen LogP contribution < -0.4 is 16.0 Å². The lowest BCUT2D eigenvalue weighted by atomic mass is 10.1. The second kappa shape index (κ2) is 15.7. The molecular formula is C36H26Cl3N3O3S. The van der Waals surface area contributed by atoms with Gasteiger partial charge in [-0.3, -0.25) is 14.4 Å². The third-order valence-corrected chi connectivity index (χ3v) is 8.62. The van der Waals surface area contributed by atoms with Crippen molar-refractivity contribution in [3.63, 3.8) is 0 Å². The molecule has 0 aliphatic heterocycles. The predicted octanol–water partition coefficient (Wildman–Crippen LogP) is 9.53. The van der Waals surface area contributed by atoms with E-state index in [9.17, 15) is 14.4 Å². The monoisotopic (exact) mass is 685 g/mol. The fraction of sp³-hybridized carbons (Fsp3) is 0.0278. The van der Waals surface area contributed by atoms with Crippen LogP contribution in [0.15, 0.2) is 138 Å². The molecule has 0 saturated carbocycles. The molecule has 0 aliphatic carbocycles. The zero-order valence-electron chi connectivity index (χ0n) is 24.0. The second-order valence-corrected chi connectivity index (χ2v) is 12.4. The summed E-state index contributed by atoms with van der Waals surface area (Å²) in [6.07, 6.45) is 1.53. The van der Waals surface area contributed by atoms with Gasteiger partial charge in [-0.05, 0) is 77.9 Å². The highest BCUT2D eigenvalue weighted by molar-refractivity contribution is 8.00. The highest BCUT2D eigenvalue weighted by Crippen LogP contribution is 2.37. The molecule has 46 heavy (non-hydrogen) atoms. The van der Waals surface area contributed by atoms with E-state index in [2.05, 4.69) is 16.0 Å². The molecule has 0 heterocycles. The molecule has 0 radical (unpaired) electrons. The highest BCUT2D eigenvalue weighted by Gasteiger charge is 2.23. The largest absolute Gasteiger partial charge is 0.325 e. The van der Waals surface area contributed by atoms with Crippen molar-refractivity contribution in [3.05, 3.63) is 165 Å². The maximum absolute atomic E-state index is 13.5. The molecule has 0 bridgehead atoms. The lowest BCUT2D eigenvalue weighted by Crippen LogP contribution is -2.30. The summed E-state index contributed by atoms with van der Waals surface area (Å²) in [5.74, 6) is -1.23. The number of benzene rings is 5. The fourth-order valence-corrected chi connectivity index (χ4v) is 6.12. The lowest BCUT2D eigenvalue weighted by molar-refractivity contribution is -0.116. The van der Waals surface area contributed by atoms with Gasteiger partial charge in [0, 0.05) is 36.9 Å². The maximum atomic E-state index is 13.5. The molecule has 3 N–H and O–H groups in total. The van der Waals surface area contributed by atoms with Gasteiger partial charge in [0.25, 0.3) is 11.8 Å². The van der Waals surface area contributed by atoms with E-state index >= 15 is 0 Å². The van der Waals surface area contributed by atoms with Crippen molar-refractivity contribution in [1.29, 1.82) is 0 Å². The Labute approximate surface area is 285 Å². The molecule has 230 valence electrons. The normalized spacial score (nSPS) is 11.8. The zero-order valence-corrected chi connectivity index (χ0v) is 27.1. The highest BCUT2D eigenvalue weighted by atomic mass is 35.5. The van der Waals surface area contributed by atoms with Gasteiger partial charge in [0.15, 0.2) is 0 Å². The van der Waals surface area contributed by atoms with Gasteiger partial charge in [-0.15, -0.1) is 11.8 Å². The fourth-order valence-electron chi connectivity index (χ4n) is 4.38. The van der Waals surface area contributed by atoms with Crippen molar-refractivity contribution in [2.24, 2.45) is 0 Å². The molecule has 0 spiro atoms. The summed E-state index contributed by atoms with van der Waals surface area (Å²) in [7, 11) is 0. The van der Waals surface area contributed by atoms with Gasteiger partial charge in [-0.25, -0.2) is 0 Å². The van der Waals surface area contributed by atoms with Gasteiger partial charge in [0.2, 0.25) is 5.91 Å². The second-order valence-electron chi connectivity index (χ2n) is 9.93. The van der Waals surface area contributed by atoms with Crippen LogP contribution in [0.4, 0.5) is 11.4 Å². The third-order valence-electron chi connectivity index (χ3n) is 6.57. The number of hydrogen-bond donors (Lipinski definition) is 3. The van der Waals surface area contributed by atoms with E-state index in [0.29, 0.717) is 37.6 Å². The van der Waals surface area contributed by atoms with E-state index in [1.54, 1.807) is 97.1 Å². The van der Waals surface area contributed by atoms with Crippen LogP contribution in [0.3, 0.4) is 0 Å². The Kier molecular flexibility index (Phi) is 11.2. The van der Waals surface area contributed by atoms with Gasteiger partial charge in [0.05, 0.1) is 0 Å². The van der Waals surface area contributed by atoms with E-state index in [4.69, 9.17) is 34.8 Å². The first-order chi connectivity index (χ1) is 22.2. The molecule has 3 amide bonds. The van der Waals surface area contributed by atoms with Crippen LogP contribution in [0.2, 0.25) is 15.1 Å². The lowest BCUT2D eigenvalue weighted by Gasteiger charge is -2.18. The molecule has 0 aromatic heterocycles. The van der Waals surface area contributed by atoms with Gasteiger partial charge in [-0.1, -0.05) is 102 Å². The van der Waals surface area contributed by atoms with E-state index in [1.807, 2.05) is 30.3 Å². The Morgan fingerprint density at radius 3 is 1.91 bits per heavy atom.